The third kappa shape index (κ3) is 4.08. The number of hydrogen-bond acceptors (Lipinski definition) is 3. The van der Waals surface area contributed by atoms with Gasteiger partial charge in [0.15, 0.2) is 0 Å². The Hall–Kier alpha value is -1.60. The molecule has 24 heavy (non-hydrogen) atoms. The molecular weight excluding hydrogens is 326 g/mol. The van der Waals surface area contributed by atoms with Crippen LogP contribution in [0.5, 0.6) is 0 Å². The molecular formula is C17H25N3O3S. The van der Waals surface area contributed by atoms with Gasteiger partial charge in [0.1, 0.15) is 0 Å². The van der Waals surface area contributed by atoms with Crippen molar-refractivity contribution in [3.05, 3.63) is 29.8 Å². The van der Waals surface area contributed by atoms with Gasteiger partial charge >= 0.3 is 0 Å². The molecule has 0 bridgehead atoms. The summed E-state index contributed by atoms with van der Waals surface area (Å²) < 4.78 is 33.9. The van der Waals surface area contributed by atoms with Gasteiger partial charge in [0.25, 0.3) is 10.0 Å². The summed E-state index contributed by atoms with van der Waals surface area (Å²) in [6.07, 6.45) is 6.19. The highest BCUT2D eigenvalue weighted by Gasteiger charge is 2.20. The van der Waals surface area contributed by atoms with E-state index in [4.69, 9.17) is 10.5 Å². The van der Waals surface area contributed by atoms with Gasteiger partial charge in [-0.2, -0.15) is 8.42 Å². The van der Waals surface area contributed by atoms with E-state index in [-0.39, 0.29) is 10.9 Å². The molecule has 132 valence electrons. The monoisotopic (exact) mass is 351 g/mol. The van der Waals surface area contributed by atoms with E-state index in [2.05, 4.69) is 4.40 Å². The fourth-order valence-corrected chi connectivity index (χ4v) is 4.32. The van der Waals surface area contributed by atoms with Gasteiger partial charge in [0, 0.05) is 13.1 Å². The zero-order valence-corrected chi connectivity index (χ0v) is 14.7. The first-order valence-electron chi connectivity index (χ1n) is 8.59. The minimum atomic E-state index is -3.78. The molecule has 6 nitrogen and oxygen atoms in total. The first-order chi connectivity index (χ1) is 11.6. The van der Waals surface area contributed by atoms with Crippen LogP contribution in [0, 0.1) is 0 Å². The molecule has 1 heterocycles. The molecule has 0 spiro atoms. The summed E-state index contributed by atoms with van der Waals surface area (Å²) in [5.41, 5.74) is 7.08. The predicted molar refractivity (Wildman–Crippen MR) is 93.5 cm³/mol. The van der Waals surface area contributed by atoms with Crippen molar-refractivity contribution in [3.8, 4) is 0 Å². The van der Waals surface area contributed by atoms with Gasteiger partial charge in [-0.15, -0.1) is 4.40 Å². The van der Waals surface area contributed by atoms with Gasteiger partial charge in [-0.25, -0.2) is 0 Å². The second-order valence-electron chi connectivity index (χ2n) is 6.43. The molecule has 0 radical (unpaired) electrons. The van der Waals surface area contributed by atoms with Crippen LogP contribution in [0.25, 0.3) is 0 Å². The summed E-state index contributed by atoms with van der Waals surface area (Å²) in [5, 5.41) is 0. The predicted octanol–water partition coefficient (Wildman–Crippen LogP) is 2.07. The van der Waals surface area contributed by atoms with E-state index in [1.807, 2.05) is 12.1 Å². The first kappa shape index (κ1) is 17.2. The number of nitrogens with zero attached hydrogens (tertiary/aromatic N) is 2. The van der Waals surface area contributed by atoms with E-state index in [9.17, 15) is 8.42 Å². The van der Waals surface area contributed by atoms with Crippen LogP contribution in [0.15, 0.2) is 33.6 Å². The van der Waals surface area contributed by atoms with Crippen molar-refractivity contribution in [2.45, 2.75) is 42.9 Å². The molecule has 2 N–H and O–H groups in total. The number of morpholine rings is 1. The summed E-state index contributed by atoms with van der Waals surface area (Å²) in [6, 6.07) is 7.14. The van der Waals surface area contributed by atoms with Crippen molar-refractivity contribution in [1.29, 1.82) is 0 Å². The molecule has 1 aliphatic carbocycles. The fraction of sp³-hybridized carbons (Fsp3) is 0.588. The number of rotatable bonds is 3. The summed E-state index contributed by atoms with van der Waals surface area (Å²) in [5.74, 6) is 0.590. The summed E-state index contributed by atoms with van der Waals surface area (Å²) >= 11 is 0. The van der Waals surface area contributed by atoms with E-state index in [1.165, 1.54) is 37.7 Å². The van der Waals surface area contributed by atoms with Crippen molar-refractivity contribution >= 4 is 16.0 Å². The average Bonchev–Trinajstić information content (AvgIpc) is 2.63. The highest BCUT2D eigenvalue weighted by molar-refractivity contribution is 7.90. The Morgan fingerprint density at radius 3 is 2.33 bits per heavy atom. The summed E-state index contributed by atoms with van der Waals surface area (Å²) in [7, 11) is -3.78. The SMILES string of the molecule is N/C(=N/S(=O)(=O)c1ccc(C2CCCCC2)cc1)N1CCOCC1. The van der Waals surface area contributed by atoms with Crippen LogP contribution < -0.4 is 5.73 Å². The van der Waals surface area contributed by atoms with Crippen LogP contribution in [-0.4, -0.2) is 45.6 Å². The van der Waals surface area contributed by atoms with Crippen LogP contribution in [0.4, 0.5) is 0 Å². The highest BCUT2D eigenvalue weighted by Crippen LogP contribution is 2.33. The smallest absolute Gasteiger partial charge is 0.285 e. The number of sulfonamides is 1. The molecule has 1 aliphatic heterocycles. The Morgan fingerprint density at radius 1 is 1.08 bits per heavy atom. The van der Waals surface area contributed by atoms with Crippen molar-refractivity contribution in [2.24, 2.45) is 10.1 Å². The van der Waals surface area contributed by atoms with Gasteiger partial charge in [0.05, 0.1) is 18.1 Å². The molecule has 1 saturated carbocycles. The quantitative estimate of drug-likeness (QED) is 0.666. The minimum absolute atomic E-state index is 0.0367. The molecule has 0 amide bonds. The van der Waals surface area contributed by atoms with Gasteiger partial charge in [-0.3, -0.25) is 0 Å². The average molecular weight is 351 g/mol. The lowest BCUT2D eigenvalue weighted by molar-refractivity contribution is 0.0676. The molecule has 3 rings (SSSR count). The maximum atomic E-state index is 12.4. The second kappa shape index (κ2) is 7.53. The van der Waals surface area contributed by atoms with Crippen LogP contribution in [0.2, 0.25) is 0 Å². The van der Waals surface area contributed by atoms with E-state index in [1.54, 1.807) is 17.0 Å². The molecule has 7 heteroatoms. The van der Waals surface area contributed by atoms with E-state index in [0.717, 1.165) is 0 Å². The van der Waals surface area contributed by atoms with E-state index in [0.29, 0.717) is 32.2 Å². The van der Waals surface area contributed by atoms with Crippen molar-refractivity contribution in [1.82, 2.24) is 4.90 Å². The minimum Gasteiger partial charge on any atom is -0.378 e. The third-order valence-electron chi connectivity index (χ3n) is 4.80. The fourth-order valence-electron chi connectivity index (χ4n) is 3.37. The summed E-state index contributed by atoms with van der Waals surface area (Å²) in [6.45, 7) is 2.19. The lowest BCUT2D eigenvalue weighted by atomic mass is 9.84. The molecule has 0 atom stereocenters. The Morgan fingerprint density at radius 2 is 1.71 bits per heavy atom. The van der Waals surface area contributed by atoms with Gasteiger partial charge in [-0.1, -0.05) is 31.4 Å². The van der Waals surface area contributed by atoms with Crippen LogP contribution >= 0.6 is 0 Å². The van der Waals surface area contributed by atoms with Crippen LogP contribution in [0.3, 0.4) is 0 Å². The molecule has 0 unspecified atom stereocenters. The lowest BCUT2D eigenvalue weighted by Gasteiger charge is -2.27. The Kier molecular flexibility index (Phi) is 5.40. The van der Waals surface area contributed by atoms with Crippen LogP contribution in [-0.2, 0) is 14.8 Å². The number of hydrogen-bond donors (Lipinski definition) is 1. The normalized spacial score (nSPS) is 21.0. The van der Waals surface area contributed by atoms with Crippen molar-refractivity contribution < 1.29 is 13.2 Å². The number of benzene rings is 1. The largest absolute Gasteiger partial charge is 0.378 e. The number of guanidine groups is 1. The number of ether oxygens (including phenoxy) is 1. The maximum Gasteiger partial charge on any atom is 0.285 e. The van der Waals surface area contributed by atoms with E-state index < -0.39 is 10.0 Å². The number of nitrogens with two attached hydrogens (primary N) is 1. The molecule has 2 fully saturated rings. The third-order valence-corrected chi connectivity index (χ3v) is 6.10. The molecule has 0 aromatic heterocycles. The van der Waals surface area contributed by atoms with Crippen molar-refractivity contribution in [2.75, 3.05) is 26.3 Å². The Balaban J connectivity index is 1.74. The van der Waals surface area contributed by atoms with Gasteiger partial charge < -0.3 is 15.4 Å². The van der Waals surface area contributed by atoms with E-state index >= 15 is 0 Å². The Bertz CT molecular complexity index is 674. The summed E-state index contributed by atoms with van der Waals surface area (Å²) in [4.78, 5) is 1.93. The van der Waals surface area contributed by atoms with Crippen LogP contribution in [0.1, 0.15) is 43.6 Å². The second-order valence-corrected chi connectivity index (χ2v) is 8.03. The molecule has 1 saturated heterocycles. The lowest BCUT2D eigenvalue weighted by Crippen LogP contribution is -2.45. The zero-order chi connectivity index (χ0) is 17.0. The molecule has 2 aliphatic rings. The molecule has 1 aromatic rings. The standard InChI is InChI=1S/C17H25N3O3S/c18-17(20-10-12-23-13-11-20)19-24(21,22)16-8-6-15(7-9-16)14-4-2-1-3-5-14/h6-9,14H,1-5,10-13H2,(H2,18,19). The zero-order valence-electron chi connectivity index (χ0n) is 13.9. The topological polar surface area (TPSA) is 85.0 Å². The molecule has 1 aromatic carbocycles. The highest BCUT2D eigenvalue weighted by atomic mass is 32.2. The van der Waals surface area contributed by atoms with Gasteiger partial charge in [0.2, 0.25) is 5.96 Å². The van der Waals surface area contributed by atoms with Crippen molar-refractivity contribution in [3.63, 3.8) is 0 Å². The van der Waals surface area contributed by atoms with Gasteiger partial charge in [-0.05, 0) is 36.5 Å². The first-order valence-corrected chi connectivity index (χ1v) is 10.0. The Labute approximate surface area is 143 Å². The maximum absolute atomic E-state index is 12.4.